The first-order valence-electron chi connectivity index (χ1n) is 3.15. The number of carboxylic acid groups (broad SMARTS) is 1. The van der Waals surface area contributed by atoms with Crippen molar-refractivity contribution in [1.29, 1.82) is 5.26 Å². The van der Waals surface area contributed by atoms with Crippen molar-refractivity contribution in [1.82, 2.24) is 4.98 Å². The average molecular weight is 242 g/mol. The molecule has 1 heterocycles. The lowest BCUT2D eigenvalue weighted by atomic mass is 10.2. The molecule has 0 aliphatic carbocycles. The molecule has 1 rings (SSSR count). The molecule has 0 aromatic carbocycles. The van der Waals surface area contributed by atoms with E-state index in [0.29, 0.717) is 0 Å². The van der Waals surface area contributed by atoms with E-state index in [1.165, 1.54) is 0 Å². The van der Waals surface area contributed by atoms with E-state index in [-0.39, 0.29) is 21.5 Å². The van der Waals surface area contributed by atoms with E-state index in [4.69, 9.17) is 16.1 Å². The van der Waals surface area contributed by atoms with Crippen molar-refractivity contribution in [2.45, 2.75) is 0 Å². The van der Waals surface area contributed by atoms with E-state index in [9.17, 15) is 4.79 Å². The number of halogens is 1. The molecule has 1 aromatic heterocycles. The SMILES string of the molecule is N#Cc1c(N)cc(C(=O)O)nc1Br. The summed E-state index contributed by atoms with van der Waals surface area (Å²) in [6, 6.07) is 2.95. The van der Waals surface area contributed by atoms with E-state index in [0.717, 1.165) is 6.07 Å². The molecule has 0 aliphatic heterocycles. The van der Waals surface area contributed by atoms with Gasteiger partial charge in [0.15, 0.2) is 5.69 Å². The predicted octanol–water partition coefficient (Wildman–Crippen LogP) is 0.996. The maximum absolute atomic E-state index is 10.5. The molecule has 13 heavy (non-hydrogen) atoms. The molecule has 0 saturated heterocycles. The number of carboxylic acids is 1. The van der Waals surface area contributed by atoms with E-state index < -0.39 is 5.97 Å². The quantitative estimate of drug-likeness (QED) is 0.715. The predicted molar refractivity (Wildman–Crippen MR) is 48.0 cm³/mol. The summed E-state index contributed by atoms with van der Waals surface area (Å²) in [4.78, 5) is 14.1. The van der Waals surface area contributed by atoms with Crippen LogP contribution in [0.3, 0.4) is 0 Å². The van der Waals surface area contributed by atoms with Gasteiger partial charge in [-0.1, -0.05) is 0 Å². The Morgan fingerprint density at radius 2 is 2.38 bits per heavy atom. The fourth-order valence-electron chi connectivity index (χ4n) is 0.753. The number of hydrogen-bond acceptors (Lipinski definition) is 4. The number of aromatic nitrogens is 1. The zero-order chi connectivity index (χ0) is 10.0. The van der Waals surface area contributed by atoms with Crippen LogP contribution in [-0.2, 0) is 0 Å². The third kappa shape index (κ3) is 1.76. The lowest BCUT2D eigenvalue weighted by Crippen LogP contribution is -2.04. The smallest absolute Gasteiger partial charge is 0.354 e. The normalized spacial score (nSPS) is 9.23. The molecular formula is C7H4BrN3O2. The molecule has 5 nitrogen and oxygen atoms in total. The van der Waals surface area contributed by atoms with Gasteiger partial charge in [-0.15, -0.1) is 0 Å². The first-order valence-corrected chi connectivity index (χ1v) is 3.95. The number of hydrogen-bond donors (Lipinski definition) is 2. The van der Waals surface area contributed by atoms with Crippen LogP contribution in [0.15, 0.2) is 10.7 Å². The summed E-state index contributed by atoms with van der Waals surface area (Å²) in [7, 11) is 0. The molecule has 0 unspecified atom stereocenters. The molecule has 6 heteroatoms. The van der Waals surface area contributed by atoms with Crippen LogP contribution in [0.5, 0.6) is 0 Å². The molecule has 0 aliphatic rings. The lowest BCUT2D eigenvalue weighted by Gasteiger charge is -2.00. The van der Waals surface area contributed by atoms with Crippen molar-refractivity contribution in [3.05, 3.63) is 21.9 Å². The standard InChI is InChI=1S/C7H4BrN3O2/c8-6-3(2-9)4(10)1-5(11-6)7(12)13/h1H,(H2,10,11)(H,12,13). The summed E-state index contributed by atoms with van der Waals surface area (Å²) in [5, 5.41) is 17.2. The lowest BCUT2D eigenvalue weighted by molar-refractivity contribution is 0.0690. The zero-order valence-corrected chi connectivity index (χ0v) is 7.87. The highest BCUT2D eigenvalue weighted by Gasteiger charge is 2.11. The van der Waals surface area contributed by atoms with Crippen LogP contribution < -0.4 is 5.73 Å². The molecule has 0 bridgehead atoms. The van der Waals surface area contributed by atoms with Crippen LogP contribution in [0.4, 0.5) is 5.69 Å². The minimum atomic E-state index is -1.18. The van der Waals surface area contributed by atoms with Crippen LogP contribution >= 0.6 is 15.9 Å². The Labute approximate surface area is 81.9 Å². The number of aromatic carboxylic acids is 1. The summed E-state index contributed by atoms with van der Waals surface area (Å²) in [6.45, 7) is 0. The van der Waals surface area contributed by atoms with Crippen molar-refractivity contribution in [3.8, 4) is 6.07 Å². The van der Waals surface area contributed by atoms with Gasteiger partial charge in [0.05, 0.1) is 5.69 Å². The molecule has 0 fully saturated rings. The number of carbonyl (C=O) groups is 1. The Morgan fingerprint density at radius 3 is 2.77 bits per heavy atom. The van der Waals surface area contributed by atoms with Gasteiger partial charge in [-0.2, -0.15) is 5.26 Å². The second-order valence-electron chi connectivity index (χ2n) is 2.18. The second kappa shape index (κ2) is 3.41. The Bertz CT molecular complexity index is 388. The number of nitriles is 1. The number of nitrogen functional groups attached to an aromatic ring is 1. The van der Waals surface area contributed by atoms with Crippen LogP contribution in [0, 0.1) is 11.3 Å². The van der Waals surface area contributed by atoms with Gasteiger partial charge in [0.25, 0.3) is 0 Å². The molecule has 3 N–H and O–H groups in total. The molecule has 1 aromatic rings. The third-order valence-corrected chi connectivity index (χ3v) is 1.91. The maximum atomic E-state index is 10.5. The van der Waals surface area contributed by atoms with Gasteiger partial charge in [0.2, 0.25) is 0 Å². The maximum Gasteiger partial charge on any atom is 0.354 e. The number of nitrogens with two attached hydrogens (primary N) is 1. The van der Waals surface area contributed by atoms with Gasteiger partial charge >= 0.3 is 5.97 Å². The summed E-state index contributed by atoms with van der Waals surface area (Å²) in [6.07, 6.45) is 0. The van der Waals surface area contributed by atoms with Gasteiger partial charge in [-0.25, -0.2) is 9.78 Å². The zero-order valence-electron chi connectivity index (χ0n) is 6.28. The van der Waals surface area contributed by atoms with E-state index >= 15 is 0 Å². The van der Waals surface area contributed by atoms with E-state index in [1.54, 1.807) is 6.07 Å². The van der Waals surface area contributed by atoms with Gasteiger partial charge < -0.3 is 10.8 Å². The minimum absolute atomic E-state index is 0.0989. The first-order chi connectivity index (χ1) is 6.06. The summed E-state index contributed by atoms with van der Waals surface area (Å²) >= 11 is 2.95. The number of rotatable bonds is 1. The molecule has 0 spiro atoms. The number of nitrogens with zero attached hydrogens (tertiary/aromatic N) is 2. The Kier molecular flexibility index (Phi) is 2.49. The fraction of sp³-hybridized carbons (Fsp3) is 0. The number of pyridine rings is 1. The van der Waals surface area contributed by atoms with Gasteiger partial charge in [0.1, 0.15) is 16.2 Å². The summed E-state index contributed by atoms with van der Waals surface area (Å²) in [5.41, 5.74) is 5.47. The van der Waals surface area contributed by atoms with Crippen molar-refractivity contribution in [3.63, 3.8) is 0 Å². The Morgan fingerprint density at radius 1 is 1.77 bits per heavy atom. The highest BCUT2D eigenvalue weighted by Crippen LogP contribution is 2.20. The van der Waals surface area contributed by atoms with E-state index in [2.05, 4.69) is 20.9 Å². The van der Waals surface area contributed by atoms with Crippen molar-refractivity contribution < 1.29 is 9.90 Å². The molecule has 0 atom stereocenters. The van der Waals surface area contributed by atoms with Crippen molar-refractivity contribution in [2.75, 3.05) is 5.73 Å². The first kappa shape index (κ1) is 9.48. The second-order valence-corrected chi connectivity index (χ2v) is 2.93. The monoisotopic (exact) mass is 241 g/mol. The largest absolute Gasteiger partial charge is 0.477 e. The topological polar surface area (TPSA) is 100 Å². The molecule has 0 amide bonds. The van der Waals surface area contributed by atoms with Crippen LogP contribution in [0.1, 0.15) is 16.1 Å². The highest BCUT2D eigenvalue weighted by atomic mass is 79.9. The van der Waals surface area contributed by atoms with Crippen molar-refractivity contribution >= 4 is 27.6 Å². The van der Waals surface area contributed by atoms with Gasteiger partial charge in [-0.05, 0) is 22.0 Å². The van der Waals surface area contributed by atoms with Gasteiger partial charge in [-0.3, -0.25) is 0 Å². The van der Waals surface area contributed by atoms with Crippen LogP contribution in [0.25, 0.3) is 0 Å². The Balaban J connectivity index is 3.39. The molecular weight excluding hydrogens is 238 g/mol. The van der Waals surface area contributed by atoms with Crippen LogP contribution in [0.2, 0.25) is 0 Å². The summed E-state index contributed by atoms with van der Waals surface area (Å²) < 4.78 is 0.146. The van der Waals surface area contributed by atoms with Crippen LogP contribution in [-0.4, -0.2) is 16.1 Å². The minimum Gasteiger partial charge on any atom is -0.477 e. The molecule has 0 saturated carbocycles. The summed E-state index contributed by atoms with van der Waals surface area (Å²) in [5.74, 6) is -1.18. The molecule has 66 valence electrons. The van der Waals surface area contributed by atoms with Gasteiger partial charge in [0, 0.05) is 0 Å². The third-order valence-electron chi connectivity index (χ3n) is 1.34. The Hall–Kier alpha value is -1.61. The highest BCUT2D eigenvalue weighted by molar-refractivity contribution is 9.10. The van der Waals surface area contributed by atoms with E-state index in [1.807, 2.05) is 0 Å². The number of anilines is 1. The van der Waals surface area contributed by atoms with Crippen molar-refractivity contribution in [2.24, 2.45) is 0 Å². The fourth-order valence-corrected chi connectivity index (χ4v) is 1.26. The average Bonchev–Trinajstić information content (AvgIpc) is 2.03. The molecule has 0 radical (unpaired) electrons.